The summed E-state index contributed by atoms with van der Waals surface area (Å²) >= 11 is 1.96. The molecule has 1 unspecified atom stereocenters. The second-order valence-corrected chi connectivity index (χ2v) is 5.93. The van der Waals surface area contributed by atoms with E-state index in [0.717, 1.165) is 23.7 Å². The molecule has 1 aromatic carbocycles. The number of fused-ring (bicyclic) bond motifs is 1. The quantitative estimate of drug-likeness (QED) is 0.771. The average Bonchev–Trinajstić information content (AvgIpc) is 2.40. The van der Waals surface area contributed by atoms with E-state index in [1.54, 1.807) is 6.07 Å². The molecule has 0 amide bonds. The summed E-state index contributed by atoms with van der Waals surface area (Å²) in [7, 11) is 0. The highest BCUT2D eigenvalue weighted by Crippen LogP contribution is 2.31. The fraction of sp³-hybridized carbons (Fsp3) is 0.385. The van der Waals surface area contributed by atoms with Crippen molar-refractivity contribution in [2.45, 2.75) is 13.0 Å². The van der Waals surface area contributed by atoms with Gasteiger partial charge in [0.2, 0.25) is 0 Å². The van der Waals surface area contributed by atoms with Crippen molar-refractivity contribution >= 4 is 34.0 Å². The number of aromatic amines is 1. The lowest BCUT2D eigenvalue weighted by molar-refractivity contribution is 0.701. The van der Waals surface area contributed by atoms with Gasteiger partial charge in [0, 0.05) is 24.1 Å². The number of nitrogens with one attached hydrogen (secondary N) is 1. The highest BCUT2D eigenvalue weighted by Gasteiger charge is 2.21. The van der Waals surface area contributed by atoms with Crippen molar-refractivity contribution in [3.63, 3.8) is 0 Å². The van der Waals surface area contributed by atoms with E-state index in [4.69, 9.17) is 5.73 Å². The molecule has 3 rings (SSSR count). The van der Waals surface area contributed by atoms with Crippen molar-refractivity contribution in [2.24, 2.45) is 0 Å². The molecule has 0 bridgehead atoms. The molecular weight excluding hydrogens is 260 g/mol. The van der Waals surface area contributed by atoms with Crippen molar-refractivity contribution in [3.8, 4) is 0 Å². The summed E-state index contributed by atoms with van der Waals surface area (Å²) in [6.45, 7) is 3.17. The van der Waals surface area contributed by atoms with Gasteiger partial charge in [-0.25, -0.2) is 4.98 Å². The van der Waals surface area contributed by atoms with E-state index >= 15 is 0 Å². The molecule has 1 fully saturated rings. The molecule has 1 saturated heterocycles. The summed E-state index contributed by atoms with van der Waals surface area (Å²) in [6, 6.07) is 4.10. The van der Waals surface area contributed by atoms with Gasteiger partial charge in [0.1, 0.15) is 0 Å². The molecule has 2 heterocycles. The highest BCUT2D eigenvalue weighted by atomic mass is 32.2. The van der Waals surface area contributed by atoms with Crippen molar-refractivity contribution < 1.29 is 0 Å². The maximum atomic E-state index is 11.7. The summed E-state index contributed by atoms with van der Waals surface area (Å²) in [6.07, 6.45) is 1.43. The van der Waals surface area contributed by atoms with Crippen LogP contribution >= 0.6 is 11.8 Å². The number of rotatable bonds is 1. The van der Waals surface area contributed by atoms with Crippen LogP contribution in [0.3, 0.4) is 0 Å². The number of H-pyrrole nitrogens is 1. The Balaban J connectivity index is 2.13. The van der Waals surface area contributed by atoms with Crippen LogP contribution in [-0.2, 0) is 0 Å². The van der Waals surface area contributed by atoms with Gasteiger partial charge in [-0.05, 0) is 19.1 Å². The van der Waals surface area contributed by atoms with Gasteiger partial charge in [-0.15, -0.1) is 0 Å². The summed E-state index contributed by atoms with van der Waals surface area (Å²) < 4.78 is 0. The minimum atomic E-state index is -0.148. The molecule has 1 aromatic heterocycles. The van der Waals surface area contributed by atoms with Crippen LogP contribution in [0.5, 0.6) is 0 Å². The number of hydrogen-bond donors (Lipinski definition) is 2. The molecule has 1 aliphatic heterocycles. The number of nitrogens with two attached hydrogens (primary N) is 1. The van der Waals surface area contributed by atoms with E-state index in [2.05, 4.69) is 21.8 Å². The number of nitrogen functional groups attached to an aromatic ring is 1. The van der Waals surface area contributed by atoms with Crippen LogP contribution in [0.15, 0.2) is 23.3 Å². The molecule has 0 aliphatic carbocycles. The number of thioether (sulfide) groups is 1. The van der Waals surface area contributed by atoms with E-state index in [1.165, 1.54) is 6.33 Å². The van der Waals surface area contributed by atoms with E-state index in [9.17, 15) is 4.79 Å². The second kappa shape index (κ2) is 4.77. The smallest absolute Gasteiger partial charge is 0.258 e. The Labute approximate surface area is 115 Å². The first-order valence-corrected chi connectivity index (χ1v) is 7.43. The van der Waals surface area contributed by atoms with Gasteiger partial charge >= 0.3 is 0 Å². The van der Waals surface area contributed by atoms with Crippen molar-refractivity contribution in [1.82, 2.24) is 9.97 Å². The van der Waals surface area contributed by atoms with Gasteiger partial charge in [-0.3, -0.25) is 4.79 Å². The zero-order valence-electron chi connectivity index (χ0n) is 10.7. The van der Waals surface area contributed by atoms with Crippen LogP contribution in [0.25, 0.3) is 10.9 Å². The molecule has 0 spiro atoms. The topological polar surface area (TPSA) is 75.0 Å². The van der Waals surface area contributed by atoms with Crippen LogP contribution in [0.4, 0.5) is 11.4 Å². The molecule has 100 valence electrons. The summed E-state index contributed by atoms with van der Waals surface area (Å²) in [5.41, 5.74) is 8.29. The standard InChI is InChI=1S/C13H16N4OS/c1-8-6-19-3-2-17(8)12-5-11-9(4-10(12)14)13(18)16-7-15-11/h4-5,7-8H,2-3,6,14H2,1H3,(H,15,16,18). The minimum Gasteiger partial charge on any atom is -0.397 e. The lowest BCUT2D eigenvalue weighted by atomic mass is 10.1. The van der Waals surface area contributed by atoms with Crippen LogP contribution < -0.4 is 16.2 Å². The Hall–Kier alpha value is -1.69. The third kappa shape index (κ3) is 2.16. The fourth-order valence-electron chi connectivity index (χ4n) is 2.45. The average molecular weight is 276 g/mol. The maximum absolute atomic E-state index is 11.7. The number of aromatic nitrogens is 2. The first kappa shape index (κ1) is 12.3. The summed E-state index contributed by atoms with van der Waals surface area (Å²) in [5, 5.41) is 0.544. The van der Waals surface area contributed by atoms with E-state index < -0.39 is 0 Å². The summed E-state index contributed by atoms with van der Waals surface area (Å²) in [4.78, 5) is 20.8. The highest BCUT2D eigenvalue weighted by molar-refractivity contribution is 7.99. The van der Waals surface area contributed by atoms with Crippen LogP contribution in [0.1, 0.15) is 6.92 Å². The third-order valence-corrected chi connectivity index (χ3v) is 4.66. The predicted molar refractivity (Wildman–Crippen MR) is 80.9 cm³/mol. The lowest BCUT2D eigenvalue weighted by Crippen LogP contribution is -2.40. The van der Waals surface area contributed by atoms with Gasteiger partial charge in [-0.2, -0.15) is 11.8 Å². The Kier molecular flexibility index (Phi) is 3.10. The van der Waals surface area contributed by atoms with Crippen molar-refractivity contribution in [1.29, 1.82) is 0 Å². The van der Waals surface area contributed by atoms with Gasteiger partial charge in [0.05, 0.1) is 28.6 Å². The van der Waals surface area contributed by atoms with Gasteiger partial charge in [0.25, 0.3) is 5.56 Å². The number of hydrogen-bond acceptors (Lipinski definition) is 5. The van der Waals surface area contributed by atoms with Crippen LogP contribution in [0.2, 0.25) is 0 Å². The van der Waals surface area contributed by atoms with E-state index in [1.807, 2.05) is 17.8 Å². The third-order valence-electron chi connectivity index (χ3n) is 3.47. The first-order chi connectivity index (χ1) is 9.16. The number of anilines is 2. The predicted octanol–water partition coefficient (Wildman–Crippen LogP) is 1.45. The monoisotopic (exact) mass is 276 g/mol. The second-order valence-electron chi connectivity index (χ2n) is 4.78. The Bertz CT molecular complexity index is 669. The van der Waals surface area contributed by atoms with E-state index in [-0.39, 0.29) is 5.56 Å². The SMILES string of the molecule is CC1CSCCN1c1cc2nc[nH]c(=O)c2cc1N. The number of nitrogens with zero attached hydrogens (tertiary/aromatic N) is 2. The number of benzene rings is 1. The molecule has 5 nitrogen and oxygen atoms in total. The van der Waals surface area contributed by atoms with Gasteiger partial charge < -0.3 is 15.6 Å². The molecule has 19 heavy (non-hydrogen) atoms. The minimum absolute atomic E-state index is 0.148. The van der Waals surface area contributed by atoms with Crippen LogP contribution in [0, 0.1) is 0 Å². The van der Waals surface area contributed by atoms with Crippen molar-refractivity contribution in [2.75, 3.05) is 28.7 Å². The van der Waals surface area contributed by atoms with Gasteiger partial charge in [0.15, 0.2) is 0 Å². The molecule has 0 saturated carbocycles. The summed E-state index contributed by atoms with van der Waals surface area (Å²) in [5.74, 6) is 2.20. The normalized spacial score (nSPS) is 19.8. The molecular formula is C13H16N4OS. The van der Waals surface area contributed by atoms with Crippen LogP contribution in [-0.4, -0.2) is 34.1 Å². The molecule has 3 N–H and O–H groups in total. The van der Waals surface area contributed by atoms with E-state index in [0.29, 0.717) is 22.6 Å². The molecule has 1 atom stereocenters. The maximum Gasteiger partial charge on any atom is 0.258 e. The fourth-order valence-corrected chi connectivity index (χ4v) is 3.47. The van der Waals surface area contributed by atoms with Gasteiger partial charge in [-0.1, -0.05) is 0 Å². The molecule has 6 heteroatoms. The molecule has 2 aromatic rings. The Morgan fingerprint density at radius 3 is 3.16 bits per heavy atom. The zero-order valence-corrected chi connectivity index (χ0v) is 11.5. The Morgan fingerprint density at radius 1 is 1.53 bits per heavy atom. The zero-order chi connectivity index (χ0) is 13.4. The Morgan fingerprint density at radius 2 is 2.37 bits per heavy atom. The molecule has 0 radical (unpaired) electrons. The lowest BCUT2D eigenvalue weighted by Gasteiger charge is -2.35. The first-order valence-electron chi connectivity index (χ1n) is 6.28. The largest absolute Gasteiger partial charge is 0.397 e. The molecule has 1 aliphatic rings. The van der Waals surface area contributed by atoms with Crippen molar-refractivity contribution in [3.05, 3.63) is 28.8 Å².